The van der Waals surface area contributed by atoms with Gasteiger partial charge in [-0.2, -0.15) is 0 Å². The Bertz CT molecular complexity index is 773. The Balaban J connectivity index is 1.48. The molecule has 2 fully saturated rings. The lowest BCUT2D eigenvalue weighted by Crippen LogP contribution is -2.37. The van der Waals surface area contributed by atoms with E-state index in [-0.39, 0.29) is 11.9 Å². The maximum atomic E-state index is 13.0. The molecule has 138 valence electrons. The van der Waals surface area contributed by atoms with Gasteiger partial charge in [0, 0.05) is 6.04 Å². The van der Waals surface area contributed by atoms with Gasteiger partial charge in [-0.1, -0.05) is 25.0 Å². The van der Waals surface area contributed by atoms with Crippen molar-refractivity contribution in [2.75, 3.05) is 7.11 Å². The summed E-state index contributed by atoms with van der Waals surface area (Å²) in [7, 11) is 1.65. The molecule has 0 unspecified atom stereocenters. The summed E-state index contributed by atoms with van der Waals surface area (Å²) in [6.07, 6.45) is 8.42. The predicted octanol–water partition coefficient (Wildman–Crippen LogP) is 3.31. The van der Waals surface area contributed by atoms with Gasteiger partial charge in [-0.25, -0.2) is 0 Å². The van der Waals surface area contributed by atoms with Crippen molar-refractivity contribution in [1.82, 2.24) is 20.1 Å². The number of nitrogens with one attached hydrogen (secondary N) is 1. The lowest BCUT2D eigenvalue weighted by atomic mass is 9.94. The fourth-order valence-corrected chi connectivity index (χ4v) is 4.11. The zero-order chi connectivity index (χ0) is 18.1. The highest BCUT2D eigenvalue weighted by Gasteiger charge is 2.51. The van der Waals surface area contributed by atoms with Gasteiger partial charge in [0.25, 0.3) is 0 Å². The van der Waals surface area contributed by atoms with Gasteiger partial charge < -0.3 is 14.6 Å². The Morgan fingerprint density at radius 2 is 1.96 bits per heavy atom. The van der Waals surface area contributed by atoms with Gasteiger partial charge in [0.15, 0.2) is 5.82 Å². The second-order valence-corrected chi connectivity index (χ2v) is 7.54. The molecule has 0 saturated heterocycles. The number of hydrogen-bond acceptors (Lipinski definition) is 4. The second kappa shape index (κ2) is 6.74. The molecule has 0 bridgehead atoms. The molecule has 1 N–H and O–H groups in total. The van der Waals surface area contributed by atoms with Gasteiger partial charge in [0.05, 0.1) is 18.6 Å². The number of amides is 1. The first kappa shape index (κ1) is 17.1. The third-order valence-electron chi connectivity index (χ3n) is 5.88. The molecule has 6 nitrogen and oxygen atoms in total. The molecule has 4 rings (SSSR count). The van der Waals surface area contributed by atoms with E-state index in [1.54, 1.807) is 7.11 Å². The number of carbonyl (C=O) groups is 1. The van der Waals surface area contributed by atoms with Crippen LogP contribution in [0.3, 0.4) is 0 Å². The minimum atomic E-state index is -0.404. The topological polar surface area (TPSA) is 69.0 Å². The summed E-state index contributed by atoms with van der Waals surface area (Å²) in [6.45, 7) is 2.00. The van der Waals surface area contributed by atoms with Crippen molar-refractivity contribution in [2.45, 2.75) is 62.9 Å². The van der Waals surface area contributed by atoms with Crippen LogP contribution in [-0.4, -0.2) is 27.8 Å². The van der Waals surface area contributed by atoms with Crippen molar-refractivity contribution in [3.05, 3.63) is 42.0 Å². The van der Waals surface area contributed by atoms with Crippen LogP contribution >= 0.6 is 0 Å². The molecule has 1 heterocycles. The van der Waals surface area contributed by atoms with Crippen LogP contribution in [0.15, 0.2) is 30.6 Å². The van der Waals surface area contributed by atoms with E-state index in [0.29, 0.717) is 6.04 Å². The minimum absolute atomic E-state index is 0.0798. The summed E-state index contributed by atoms with van der Waals surface area (Å²) in [4.78, 5) is 13.0. The number of benzene rings is 1. The Hall–Kier alpha value is -2.37. The van der Waals surface area contributed by atoms with Crippen LogP contribution in [0, 0.1) is 0 Å². The third kappa shape index (κ3) is 2.97. The van der Waals surface area contributed by atoms with Crippen LogP contribution in [0.5, 0.6) is 5.75 Å². The van der Waals surface area contributed by atoms with Gasteiger partial charge in [-0.05, 0) is 50.3 Å². The quantitative estimate of drug-likeness (QED) is 0.864. The summed E-state index contributed by atoms with van der Waals surface area (Å²) in [6, 6.07) is 8.15. The largest absolute Gasteiger partial charge is 0.497 e. The molecule has 0 spiro atoms. The highest BCUT2D eigenvalue weighted by Crippen LogP contribution is 2.49. The molecular formula is C20H26N4O2. The standard InChI is InChI=1S/C20H26N4O2/c1-14(18-23-21-13-24(18)16-5-3-4-6-16)22-19(25)20(11-12-20)15-7-9-17(26-2)10-8-15/h7-10,13-14,16H,3-6,11-12H2,1-2H3,(H,22,25)/t14-/m0/s1. The zero-order valence-electron chi connectivity index (χ0n) is 15.4. The van der Waals surface area contributed by atoms with Crippen molar-refractivity contribution >= 4 is 5.91 Å². The van der Waals surface area contributed by atoms with Gasteiger partial charge >= 0.3 is 0 Å². The van der Waals surface area contributed by atoms with Crippen molar-refractivity contribution in [2.24, 2.45) is 0 Å². The molecule has 26 heavy (non-hydrogen) atoms. The van der Waals surface area contributed by atoms with Gasteiger partial charge in [0.1, 0.15) is 12.1 Å². The molecule has 1 amide bonds. The number of rotatable bonds is 6. The fourth-order valence-electron chi connectivity index (χ4n) is 4.11. The van der Waals surface area contributed by atoms with Gasteiger partial charge in [-0.15, -0.1) is 10.2 Å². The van der Waals surface area contributed by atoms with E-state index >= 15 is 0 Å². The Labute approximate surface area is 154 Å². The molecule has 1 aromatic heterocycles. The minimum Gasteiger partial charge on any atom is -0.497 e. The molecule has 0 radical (unpaired) electrons. The number of aromatic nitrogens is 3. The maximum Gasteiger partial charge on any atom is 0.231 e. The normalized spacial score (nSPS) is 19.9. The summed E-state index contributed by atoms with van der Waals surface area (Å²) in [5, 5.41) is 11.6. The molecule has 2 aliphatic carbocycles. The summed E-state index contributed by atoms with van der Waals surface area (Å²) in [5.74, 6) is 1.75. The number of ether oxygens (including phenoxy) is 1. The molecular weight excluding hydrogens is 328 g/mol. The van der Waals surface area contributed by atoms with Crippen LogP contribution in [0.2, 0.25) is 0 Å². The van der Waals surface area contributed by atoms with Crippen LogP contribution < -0.4 is 10.1 Å². The van der Waals surface area contributed by atoms with E-state index in [0.717, 1.165) is 30.0 Å². The van der Waals surface area contributed by atoms with E-state index in [9.17, 15) is 4.79 Å². The molecule has 1 atom stereocenters. The Morgan fingerprint density at radius 3 is 2.58 bits per heavy atom. The molecule has 1 aromatic carbocycles. The first-order chi connectivity index (χ1) is 12.6. The Morgan fingerprint density at radius 1 is 1.27 bits per heavy atom. The molecule has 2 saturated carbocycles. The summed E-state index contributed by atoms with van der Waals surface area (Å²) >= 11 is 0. The fraction of sp³-hybridized carbons (Fsp3) is 0.550. The van der Waals surface area contributed by atoms with Crippen LogP contribution in [0.4, 0.5) is 0 Å². The van der Waals surface area contributed by atoms with Crippen molar-refractivity contribution in [3.8, 4) is 5.75 Å². The van der Waals surface area contributed by atoms with Crippen LogP contribution in [-0.2, 0) is 10.2 Å². The van der Waals surface area contributed by atoms with Gasteiger partial charge in [0.2, 0.25) is 5.91 Å². The van der Waals surface area contributed by atoms with Crippen molar-refractivity contribution in [3.63, 3.8) is 0 Å². The monoisotopic (exact) mass is 354 g/mol. The van der Waals surface area contributed by atoms with Crippen molar-refractivity contribution < 1.29 is 9.53 Å². The van der Waals surface area contributed by atoms with E-state index in [2.05, 4.69) is 20.1 Å². The highest BCUT2D eigenvalue weighted by atomic mass is 16.5. The van der Waals surface area contributed by atoms with Gasteiger partial charge in [-0.3, -0.25) is 4.79 Å². The average Bonchev–Trinajstić information content (AvgIpc) is 3.08. The Kier molecular flexibility index (Phi) is 4.42. The van der Waals surface area contributed by atoms with E-state index in [4.69, 9.17) is 4.74 Å². The number of hydrogen-bond donors (Lipinski definition) is 1. The van der Waals surface area contributed by atoms with E-state index in [1.165, 1.54) is 25.7 Å². The second-order valence-electron chi connectivity index (χ2n) is 7.54. The summed E-state index contributed by atoms with van der Waals surface area (Å²) in [5.41, 5.74) is 0.652. The molecule has 2 aliphatic rings. The van der Waals surface area contributed by atoms with Crippen LogP contribution in [0.1, 0.15) is 68.9 Å². The smallest absolute Gasteiger partial charge is 0.231 e. The summed E-state index contributed by atoms with van der Waals surface area (Å²) < 4.78 is 7.38. The molecule has 2 aromatic rings. The SMILES string of the molecule is COc1ccc(C2(C(=O)N[C@@H](C)c3nncn3C3CCCC3)CC2)cc1. The van der Waals surface area contributed by atoms with Crippen molar-refractivity contribution in [1.29, 1.82) is 0 Å². The molecule has 6 heteroatoms. The lowest BCUT2D eigenvalue weighted by Gasteiger charge is -2.22. The lowest BCUT2D eigenvalue weighted by molar-refractivity contribution is -0.124. The zero-order valence-corrected chi connectivity index (χ0v) is 15.4. The number of methoxy groups -OCH3 is 1. The van der Waals surface area contributed by atoms with E-state index < -0.39 is 5.41 Å². The van der Waals surface area contributed by atoms with Crippen LogP contribution in [0.25, 0.3) is 0 Å². The first-order valence-corrected chi connectivity index (χ1v) is 9.49. The van der Waals surface area contributed by atoms with E-state index in [1.807, 2.05) is 37.5 Å². The first-order valence-electron chi connectivity index (χ1n) is 9.49. The highest BCUT2D eigenvalue weighted by molar-refractivity contribution is 5.91. The number of carbonyl (C=O) groups excluding carboxylic acids is 1. The molecule has 0 aliphatic heterocycles. The maximum absolute atomic E-state index is 13.0. The average molecular weight is 354 g/mol. The number of nitrogens with zero attached hydrogens (tertiary/aromatic N) is 3. The predicted molar refractivity (Wildman–Crippen MR) is 98.0 cm³/mol. The third-order valence-corrected chi connectivity index (χ3v) is 5.88.